The number of hydrogen-bond acceptors (Lipinski definition) is 6. The van der Waals surface area contributed by atoms with Crippen molar-refractivity contribution in [1.29, 1.82) is 0 Å². The Morgan fingerprint density at radius 3 is 2.59 bits per heavy atom. The molecule has 1 aliphatic rings. The summed E-state index contributed by atoms with van der Waals surface area (Å²) in [5, 5.41) is 17.0. The van der Waals surface area contributed by atoms with Gasteiger partial charge in [0.15, 0.2) is 0 Å². The number of aryl methyl sites for hydroxylation is 1. The maximum absolute atomic E-state index is 12.1. The van der Waals surface area contributed by atoms with E-state index in [1.54, 1.807) is 27.7 Å². The van der Waals surface area contributed by atoms with Crippen LogP contribution in [-0.2, 0) is 16.0 Å². The Hall–Kier alpha value is -2.12. The Balaban J connectivity index is 2.13. The Morgan fingerprint density at radius 1 is 1.41 bits per heavy atom. The topological polar surface area (TPSA) is 106 Å². The zero-order valence-corrected chi connectivity index (χ0v) is 13.3. The van der Waals surface area contributed by atoms with Crippen molar-refractivity contribution < 1.29 is 24.1 Å². The van der Waals surface area contributed by atoms with Crippen molar-refractivity contribution in [3.8, 4) is 0 Å². The molecule has 0 radical (unpaired) electrons. The molecule has 122 valence electrons. The highest BCUT2D eigenvalue weighted by molar-refractivity contribution is 5.78. The second-order valence-electron chi connectivity index (χ2n) is 6.71. The summed E-state index contributed by atoms with van der Waals surface area (Å²) in [6.45, 7) is 7.46. The highest BCUT2D eigenvalue weighted by Crippen LogP contribution is 2.35. The van der Waals surface area contributed by atoms with E-state index in [4.69, 9.17) is 4.74 Å². The molecule has 2 heterocycles. The standard InChI is InChI=1S/C14H21N3O5/c1-9-10(16-22-15-9)7-14(11(18)19)5-6-17(8-14)12(20)21-13(2,3)4/h5-8H2,1-4H3,(H,18,19). The summed E-state index contributed by atoms with van der Waals surface area (Å²) < 4.78 is 9.92. The van der Waals surface area contributed by atoms with Crippen molar-refractivity contribution in [1.82, 2.24) is 15.2 Å². The fourth-order valence-corrected chi connectivity index (χ4v) is 2.48. The Bertz CT molecular complexity index is 577. The van der Waals surface area contributed by atoms with Gasteiger partial charge in [-0.2, -0.15) is 0 Å². The Kier molecular flexibility index (Phi) is 4.12. The molecular formula is C14H21N3O5. The fraction of sp³-hybridized carbons (Fsp3) is 0.714. The predicted octanol–water partition coefficient (Wildman–Crippen LogP) is 1.63. The lowest BCUT2D eigenvalue weighted by molar-refractivity contribution is -0.148. The normalized spacial score (nSPS) is 21.9. The smallest absolute Gasteiger partial charge is 0.410 e. The number of carboxylic acids is 1. The molecule has 1 amide bonds. The van der Waals surface area contributed by atoms with Gasteiger partial charge < -0.3 is 14.7 Å². The molecule has 1 aromatic heterocycles. The van der Waals surface area contributed by atoms with Crippen LogP contribution in [0.5, 0.6) is 0 Å². The number of carbonyl (C=O) groups is 2. The van der Waals surface area contributed by atoms with E-state index in [1.807, 2.05) is 0 Å². The van der Waals surface area contributed by atoms with E-state index >= 15 is 0 Å². The highest BCUT2D eigenvalue weighted by Gasteiger charge is 2.48. The van der Waals surface area contributed by atoms with Gasteiger partial charge in [-0.15, -0.1) is 0 Å². The SMILES string of the molecule is Cc1nonc1CC1(C(=O)O)CCN(C(=O)OC(C)(C)C)C1. The van der Waals surface area contributed by atoms with Crippen LogP contribution in [0.4, 0.5) is 4.79 Å². The van der Waals surface area contributed by atoms with E-state index < -0.39 is 23.1 Å². The summed E-state index contributed by atoms with van der Waals surface area (Å²) >= 11 is 0. The van der Waals surface area contributed by atoms with Gasteiger partial charge in [0.2, 0.25) is 0 Å². The van der Waals surface area contributed by atoms with Crippen molar-refractivity contribution in [2.75, 3.05) is 13.1 Å². The van der Waals surface area contributed by atoms with Gasteiger partial charge in [0.05, 0.1) is 5.41 Å². The summed E-state index contributed by atoms with van der Waals surface area (Å²) in [6, 6.07) is 0. The number of rotatable bonds is 3. The van der Waals surface area contributed by atoms with Gasteiger partial charge >= 0.3 is 12.1 Å². The van der Waals surface area contributed by atoms with Gasteiger partial charge in [0.1, 0.15) is 17.0 Å². The van der Waals surface area contributed by atoms with Crippen LogP contribution in [0.15, 0.2) is 4.63 Å². The molecular weight excluding hydrogens is 290 g/mol. The van der Waals surface area contributed by atoms with Gasteiger partial charge in [-0.3, -0.25) is 4.79 Å². The second kappa shape index (κ2) is 5.58. The minimum Gasteiger partial charge on any atom is -0.481 e. The first-order valence-electron chi connectivity index (χ1n) is 7.12. The molecule has 1 unspecified atom stereocenters. The van der Waals surface area contributed by atoms with Crippen molar-refractivity contribution in [3.63, 3.8) is 0 Å². The quantitative estimate of drug-likeness (QED) is 0.904. The number of carboxylic acid groups (broad SMARTS) is 1. The number of aromatic nitrogens is 2. The zero-order valence-electron chi connectivity index (χ0n) is 13.3. The van der Waals surface area contributed by atoms with Gasteiger partial charge in [-0.05, 0) is 34.1 Å². The lowest BCUT2D eigenvalue weighted by atomic mass is 9.82. The number of aliphatic carboxylic acids is 1. The van der Waals surface area contributed by atoms with Crippen LogP contribution in [0.25, 0.3) is 0 Å². The van der Waals surface area contributed by atoms with E-state index in [0.717, 1.165) is 0 Å². The molecule has 8 heteroatoms. The Morgan fingerprint density at radius 2 is 2.09 bits per heavy atom. The maximum atomic E-state index is 12.1. The molecule has 8 nitrogen and oxygen atoms in total. The molecule has 0 saturated carbocycles. The van der Waals surface area contributed by atoms with E-state index in [-0.39, 0.29) is 13.0 Å². The van der Waals surface area contributed by atoms with Crippen LogP contribution in [-0.4, -0.2) is 51.1 Å². The van der Waals surface area contributed by atoms with E-state index in [2.05, 4.69) is 14.9 Å². The van der Waals surface area contributed by atoms with Crippen molar-refractivity contribution in [3.05, 3.63) is 11.4 Å². The van der Waals surface area contributed by atoms with Gasteiger partial charge in [0, 0.05) is 19.5 Å². The number of nitrogens with zero attached hydrogens (tertiary/aromatic N) is 3. The average Bonchev–Trinajstić information content (AvgIpc) is 2.96. The summed E-state index contributed by atoms with van der Waals surface area (Å²) in [7, 11) is 0. The molecule has 1 aliphatic heterocycles. The second-order valence-corrected chi connectivity index (χ2v) is 6.71. The molecule has 1 atom stereocenters. The van der Waals surface area contributed by atoms with Crippen molar-refractivity contribution in [2.45, 2.75) is 46.1 Å². The first kappa shape index (κ1) is 16.3. The van der Waals surface area contributed by atoms with E-state index in [1.165, 1.54) is 4.90 Å². The molecule has 1 aromatic rings. The fourth-order valence-electron chi connectivity index (χ4n) is 2.48. The molecule has 2 rings (SSSR count). The highest BCUT2D eigenvalue weighted by atomic mass is 16.6. The van der Waals surface area contributed by atoms with Gasteiger partial charge in [0.25, 0.3) is 0 Å². The minimum absolute atomic E-state index is 0.0869. The predicted molar refractivity (Wildman–Crippen MR) is 75.2 cm³/mol. The van der Waals surface area contributed by atoms with E-state index in [0.29, 0.717) is 24.4 Å². The van der Waals surface area contributed by atoms with Gasteiger partial charge in [-0.1, -0.05) is 10.3 Å². The zero-order chi connectivity index (χ0) is 16.5. The molecule has 0 aliphatic carbocycles. The monoisotopic (exact) mass is 311 g/mol. The molecule has 1 N–H and O–H groups in total. The van der Waals surface area contributed by atoms with Crippen LogP contribution >= 0.6 is 0 Å². The average molecular weight is 311 g/mol. The maximum Gasteiger partial charge on any atom is 0.410 e. The third kappa shape index (κ3) is 3.37. The molecule has 1 fully saturated rings. The molecule has 0 bridgehead atoms. The third-order valence-corrected chi connectivity index (χ3v) is 3.71. The number of ether oxygens (including phenoxy) is 1. The molecule has 1 saturated heterocycles. The number of carbonyl (C=O) groups excluding carboxylic acids is 1. The minimum atomic E-state index is -1.08. The lowest BCUT2D eigenvalue weighted by Gasteiger charge is -2.26. The molecule has 0 aromatic carbocycles. The first-order chi connectivity index (χ1) is 10.1. The van der Waals surface area contributed by atoms with Crippen LogP contribution in [0, 0.1) is 12.3 Å². The van der Waals surface area contributed by atoms with Crippen molar-refractivity contribution >= 4 is 12.1 Å². The summed E-state index contributed by atoms with van der Waals surface area (Å²) in [5.74, 6) is -0.957. The van der Waals surface area contributed by atoms with Crippen LogP contribution in [0.3, 0.4) is 0 Å². The molecule has 0 spiro atoms. The molecule has 22 heavy (non-hydrogen) atoms. The Labute approximate surface area is 128 Å². The van der Waals surface area contributed by atoms with Gasteiger partial charge in [-0.25, -0.2) is 9.42 Å². The lowest BCUT2D eigenvalue weighted by Crippen LogP contribution is -2.40. The third-order valence-electron chi connectivity index (χ3n) is 3.71. The van der Waals surface area contributed by atoms with Crippen LogP contribution < -0.4 is 0 Å². The summed E-state index contributed by atoms with van der Waals surface area (Å²) in [5.41, 5.74) is -0.622. The summed E-state index contributed by atoms with van der Waals surface area (Å²) in [4.78, 5) is 25.3. The number of amides is 1. The number of hydrogen-bond donors (Lipinski definition) is 1. The van der Waals surface area contributed by atoms with E-state index in [9.17, 15) is 14.7 Å². The summed E-state index contributed by atoms with van der Waals surface area (Å²) in [6.07, 6.45) is 0.0239. The van der Waals surface area contributed by atoms with Crippen molar-refractivity contribution in [2.24, 2.45) is 5.41 Å². The largest absolute Gasteiger partial charge is 0.481 e. The van der Waals surface area contributed by atoms with Crippen LogP contribution in [0.2, 0.25) is 0 Å². The van der Waals surface area contributed by atoms with Crippen LogP contribution in [0.1, 0.15) is 38.6 Å². The number of likely N-dealkylation sites (tertiary alicyclic amines) is 1. The first-order valence-corrected chi connectivity index (χ1v) is 7.12.